The van der Waals surface area contributed by atoms with E-state index < -0.39 is 17.8 Å². The third-order valence-corrected chi connectivity index (χ3v) is 5.21. The second-order valence-electron chi connectivity index (χ2n) is 5.21. The predicted octanol–water partition coefficient (Wildman–Crippen LogP) is 3.47. The zero-order valence-corrected chi connectivity index (χ0v) is 12.8. The molecule has 1 amide bonds. The van der Waals surface area contributed by atoms with Gasteiger partial charge in [-0.2, -0.15) is 0 Å². The van der Waals surface area contributed by atoms with Crippen LogP contribution in [-0.4, -0.2) is 17.0 Å². The van der Waals surface area contributed by atoms with Crippen molar-refractivity contribution < 1.29 is 14.7 Å². The van der Waals surface area contributed by atoms with Crippen LogP contribution in [0.3, 0.4) is 0 Å². The molecule has 0 aliphatic heterocycles. The summed E-state index contributed by atoms with van der Waals surface area (Å²) in [5.74, 6) is -1.99. The number of rotatable bonds is 4. The summed E-state index contributed by atoms with van der Waals surface area (Å²) >= 11 is 7.31. The minimum atomic E-state index is -0.864. The van der Waals surface area contributed by atoms with E-state index in [1.807, 2.05) is 13.0 Å². The molecule has 0 saturated heterocycles. The van der Waals surface area contributed by atoms with Crippen LogP contribution >= 0.6 is 22.9 Å². The number of amides is 1. The maximum absolute atomic E-state index is 12.3. The van der Waals surface area contributed by atoms with Gasteiger partial charge in [-0.1, -0.05) is 24.4 Å². The predicted molar refractivity (Wildman–Crippen MR) is 79.0 cm³/mol. The largest absolute Gasteiger partial charge is 0.481 e. The molecule has 2 rings (SSSR count). The molecular formula is C14H18ClNO3S. The third kappa shape index (κ3) is 3.52. The Balaban J connectivity index is 2.01. The first-order valence-corrected chi connectivity index (χ1v) is 7.97. The molecule has 2 N–H and O–H groups in total. The first-order valence-electron chi connectivity index (χ1n) is 6.77. The number of hydrogen-bond acceptors (Lipinski definition) is 3. The van der Waals surface area contributed by atoms with Crippen LogP contribution in [0.25, 0.3) is 0 Å². The number of thiophene rings is 1. The van der Waals surface area contributed by atoms with Crippen LogP contribution in [0.2, 0.25) is 4.34 Å². The van der Waals surface area contributed by atoms with E-state index in [-0.39, 0.29) is 11.9 Å². The molecule has 1 fully saturated rings. The van der Waals surface area contributed by atoms with Gasteiger partial charge in [0.15, 0.2) is 0 Å². The van der Waals surface area contributed by atoms with Crippen molar-refractivity contribution in [3.8, 4) is 0 Å². The Morgan fingerprint density at radius 1 is 1.35 bits per heavy atom. The van der Waals surface area contributed by atoms with Gasteiger partial charge < -0.3 is 10.4 Å². The number of carboxylic acid groups (broad SMARTS) is 1. The molecule has 0 aromatic carbocycles. The van der Waals surface area contributed by atoms with Crippen molar-refractivity contribution in [1.82, 2.24) is 5.32 Å². The number of carbonyl (C=O) groups excluding carboxylic acids is 1. The van der Waals surface area contributed by atoms with Crippen LogP contribution in [-0.2, 0) is 9.59 Å². The standard InChI is InChI=1S/C14H18ClNO3S/c1-8(11-6-7-12(15)20-11)16-13(17)9-4-2-3-5-10(9)14(18)19/h6-10H,2-5H2,1H3,(H,16,17)(H,18,19). The van der Waals surface area contributed by atoms with E-state index in [0.717, 1.165) is 17.7 Å². The maximum atomic E-state index is 12.3. The number of hydrogen-bond donors (Lipinski definition) is 2. The van der Waals surface area contributed by atoms with Crippen molar-refractivity contribution in [3.05, 3.63) is 21.3 Å². The Hall–Kier alpha value is -1.07. The molecule has 110 valence electrons. The molecule has 1 aromatic heterocycles. The van der Waals surface area contributed by atoms with Crippen molar-refractivity contribution in [2.24, 2.45) is 11.8 Å². The number of aliphatic carboxylic acids is 1. The van der Waals surface area contributed by atoms with Gasteiger partial charge >= 0.3 is 5.97 Å². The topological polar surface area (TPSA) is 66.4 Å². The number of carboxylic acids is 1. The van der Waals surface area contributed by atoms with Gasteiger partial charge in [-0.05, 0) is 31.9 Å². The van der Waals surface area contributed by atoms with Crippen molar-refractivity contribution in [3.63, 3.8) is 0 Å². The average Bonchev–Trinajstić information content (AvgIpc) is 2.85. The van der Waals surface area contributed by atoms with Gasteiger partial charge in [0.25, 0.3) is 0 Å². The number of nitrogens with one attached hydrogen (secondary N) is 1. The first-order chi connectivity index (χ1) is 9.49. The molecule has 1 aliphatic rings. The first kappa shape index (κ1) is 15.3. The van der Waals surface area contributed by atoms with Crippen molar-refractivity contribution in [1.29, 1.82) is 0 Å². The van der Waals surface area contributed by atoms with Crippen molar-refractivity contribution >= 4 is 34.8 Å². The summed E-state index contributed by atoms with van der Waals surface area (Å²) in [5, 5.41) is 12.1. The highest BCUT2D eigenvalue weighted by Crippen LogP contribution is 2.32. The lowest BCUT2D eigenvalue weighted by atomic mass is 9.78. The van der Waals surface area contributed by atoms with Gasteiger partial charge in [0.2, 0.25) is 5.91 Å². The number of carbonyl (C=O) groups is 2. The zero-order chi connectivity index (χ0) is 14.7. The van der Waals surface area contributed by atoms with Gasteiger partial charge in [-0.15, -0.1) is 11.3 Å². The normalized spacial score (nSPS) is 24.1. The highest BCUT2D eigenvalue weighted by molar-refractivity contribution is 7.16. The zero-order valence-electron chi connectivity index (χ0n) is 11.3. The fraction of sp³-hybridized carbons (Fsp3) is 0.571. The summed E-state index contributed by atoms with van der Waals surface area (Å²) in [6.45, 7) is 1.89. The highest BCUT2D eigenvalue weighted by atomic mass is 35.5. The Morgan fingerprint density at radius 3 is 2.55 bits per heavy atom. The van der Waals surface area contributed by atoms with E-state index in [9.17, 15) is 14.7 Å². The van der Waals surface area contributed by atoms with Crippen LogP contribution < -0.4 is 5.32 Å². The Kier molecular flexibility index (Phi) is 5.05. The fourth-order valence-electron chi connectivity index (χ4n) is 2.69. The average molecular weight is 316 g/mol. The highest BCUT2D eigenvalue weighted by Gasteiger charge is 2.36. The van der Waals surface area contributed by atoms with Gasteiger partial charge in [0.1, 0.15) is 0 Å². The monoisotopic (exact) mass is 315 g/mol. The van der Waals surface area contributed by atoms with Gasteiger partial charge in [-0.3, -0.25) is 9.59 Å². The van der Waals surface area contributed by atoms with E-state index in [1.165, 1.54) is 11.3 Å². The van der Waals surface area contributed by atoms with Crippen molar-refractivity contribution in [2.75, 3.05) is 0 Å². The second kappa shape index (κ2) is 6.59. The summed E-state index contributed by atoms with van der Waals surface area (Å²) in [6.07, 6.45) is 3.05. The molecule has 1 heterocycles. The van der Waals surface area contributed by atoms with E-state index in [4.69, 9.17) is 11.6 Å². The molecular weight excluding hydrogens is 298 g/mol. The van der Waals surface area contributed by atoms with E-state index >= 15 is 0 Å². The Morgan fingerprint density at radius 2 is 2.00 bits per heavy atom. The number of halogens is 1. The minimum Gasteiger partial charge on any atom is -0.481 e. The van der Waals surface area contributed by atoms with Crippen LogP contribution in [0.4, 0.5) is 0 Å². The summed E-state index contributed by atoms with van der Waals surface area (Å²) in [6, 6.07) is 3.54. The molecule has 1 aromatic rings. The van der Waals surface area contributed by atoms with E-state index in [1.54, 1.807) is 6.07 Å². The molecule has 4 nitrogen and oxygen atoms in total. The van der Waals surface area contributed by atoms with Gasteiger partial charge in [0.05, 0.1) is 22.2 Å². The summed E-state index contributed by atoms with van der Waals surface area (Å²) in [4.78, 5) is 24.5. The van der Waals surface area contributed by atoms with E-state index in [0.29, 0.717) is 17.2 Å². The second-order valence-corrected chi connectivity index (χ2v) is 6.95. The van der Waals surface area contributed by atoms with Crippen molar-refractivity contribution in [2.45, 2.75) is 38.6 Å². The van der Waals surface area contributed by atoms with Crippen LogP contribution in [0.1, 0.15) is 43.5 Å². The fourth-order valence-corrected chi connectivity index (χ4v) is 3.76. The molecule has 20 heavy (non-hydrogen) atoms. The lowest BCUT2D eigenvalue weighted by Gasteiger charge is -2.28. The van der Waals surface area contributed by atoms with Crippen LogP contribution in [0, 0.1) is 11.8 Å². The molecule has 0 spiro atoms. The minimum absolute atomic E-state index is 0.142. The SMILES string of the molecule is CC(NC(=O)C1CCCCC1C(=O)O)c1ccc(Cl)s1. The summed E-state index contributed by atoms with van der Waals surface area (Å²) < 4.78 is 0.683. The molecule has 1 saturated carbocycles. The van der Waals surface area contributed by atoms with E-state index in [2.05, 4.69) is 5.32 Å². The summed E-state index contributed by atoms with van der Waals surface area (Å²) in [7, 11) is 0. The van der Waals surface area contributed by atoms with Crippen LogP contribution in [0.5, 0.6) is 0 Å². The quantitative estimate of drug-likeness (QED) is 0.894. The molecule has 0 radical (unpaired) electrons. The molecule has 6 heteroatoms. The molecule has 3 unspecified atom stereocenters. The lowest BCUT2D eigenvalue weighted by Crippen LogP contribution is -2.40. The van der Waals surface area contributed by atoms with Gasteiger partial charge in [-0.25, -0.2) is 0 Å². The van der Waals surface area contributed by atoms with Gasteiger partial charge in [0, 0.05) is 4.88 Å². The lowest BCUT2D eigenvalue weighted by molar-refractivity contribution is -0.149. The Labute approximate surface area is 127 Å². The summed E-state index contributed by atoms with van der Waals surface area (Å²) in [5.41, 5.74) is 0. The third-order valence-electron chi connectivity index (χ3n) is 3.80. The molecule has 1 aliphatic carbocycles. The maximum Gasteiger partial charge on any atom is 0.307 e. The molecule has 0 bridgehead atoms. The molecule has 3 atom stereocenters. The van der Waals surface area contributed by atoms with Crippen LogP contribution in [0.15, 0.2) is 12.1 Å². The Bertz CT molecular complexity index is 502. The smallest absolute Gasteiger partial charge is 0.307 e.